The Kier molecular flexibility index (Phi) is 5.97. The smallest absolute Gasteiger partial charge is 0.363 e. The molecule has 0 bridgehead atoms. The van der Waals surface area contributed by atoms with E-state index in [-0.39, 0.29) is 11.6 Å². The summed E-state index contributed by atoms with van der Waals surface area (Å²) in [7, 11) is 0. The minimum Gasteiger partial charge on any atom is -0.490 e. The maximum absolute atomic E-state index is 12.1. The van der Waals surface area contributed by atoms with Gasteiger partial charge in [0.1, 0.15) is 0 Å². The third-order valence-electron chi connectivity index (χ3n) is 3.44. The second kappa shape index (κ2) is 8.39. The van der Waals surface area contributed by atoms with Crippen LogP contribution in [0.3, 0.4) is 0 Å². The average molecular weight is 467 g/mol. The molecule has 1 aliphatic rings. The van der Waals surface area contributed by atoms with Crippen LogP contribution in [0.25, 0.3) is 6.08 Å². The van der Waals surface area contributed by atoms with Crippen LogP contribution in [0, 0.1) is 3.57 Å². The number of benzene rings is 1. The lowest BCUT2D eigenvalue weighted by Gasteiger charge is -2.14. The Balaban J connectivity index is 1.93. The minimum atomic E-state index is -0.518. The van der Waals surface area contributed by atoms with Gasteiger partial charge in [0.15, 0.2) is 23.0 Å². The fourth-order valence-corrected chi connectivity index (χ4v) is 3.13. The van der Waals surface area contributed by atoms with E-state index >= 15 is 0 Å². The van der Waals surface area contributed by atoms with Crippen LogP contribution in [-0.2, 0) is 9.53 Å². The van der Waals surface area contributed by atoms with Gasteiger partial charge >= 0.3 is 5.97 Å². The Hall–Kier alpha value is -2.29. The van der Waals surface area contributed by atoms with Gasteiger partial charge < -0.3 is 18.6 Å². The summed E-state index contributed by atoms with van der Waals surface area (Å²) in [6.45, 7) is 5.09. The number of aliphatic imine (C=N–C) groups is 1. The van der Waals surface area contributed by atoms with Gasteiger partial charge in [-0.3, -0.25) is 0 Å². The maximum Gasteiger partial charge on any atom is 0.363 e. The fourth-order valence-electron chi connectivity index (χ4n) is 2.35. The summed E-state index contributed by atoms with van der Waals surface area (Å²) in [5.74, 6) is 1.41. The van der Waals surface area contributed by atoms with Crippen molar-refractivity contribution in [2.45, 2.75) is 20.3 Å². The molecule has 1 aromatic carbocycles. The predicted octanol–water partition coefficient (Wildman–Crippen LogP) is 4.42. The summed E-state index contributed by atoms with van der Waals surface area (Å²) in [4.78, 5) is 16.3. The molecule has 0 aliphatic carbocycles. The number of halogens is 1. The highest BCUT2D eigenvalue weighted by molar-refractivity contribution is 14.1. The zero-order valence-electron chi connectivity index (χ0n) is 14.5. The van der Waals surface area contributed by atoms with Crippen molar-refractivity contribution < 1.29 is 23.4 Å². The molecule has 6 nitrogen and oxygen atoms in total. The summed E-state index contributed by atoms with van der Waals surface area (Å²) >= 11 is 2.19. The van der Waals surface area contributed by atoms with E-state index in [0.29, 0.717) is 30.5 Å². The van der Waals surface area contributed by atoms with Crippen molar-refractivity contribution in [2.24, 2.45) is 4.99 Å². The number of hydrogen-bond donors (Lipinski definition) is 0. The number of rotatable bonds is 7. The highest BCUT2D eigenvalue weighted by Crippen LogP contribution is 2.35. The molecule has 1 aromatic heterocycles. The summed E-state index contributed by atoms with van der Waals surface area (Å²) in [6.07, 6.45) is 4.06. The predicted molar refractivity (Wildman–Crippen MR) is 105 cm³/mol. The number of carbonyl (C=O) groups is 1. The van der Waals surface area contributed by atoms with Crippen molar-refractivity contribution in [3.8, 4) is 11.5 Å². The molecule has 136 valence electrons. The van der Waals surface area contributed by atoms with Crippen LogP contribution in [0.15, 0.2) is 45.6 Å². The van der Waals surface area contributed by atoms with Gasteiger partial charge in [0.25, 0.3) is 5.90 Å². The SMILES string of the molecule is CCCOc1c(I)cc(/C=C2\N=C(c3ccco3)OC2=O)cc1OCC. The molecule has 0 radical (unpaired) electrons. The normalized spacial score (nSPS) is 15.1. The standard InChI is InChI=1S/C19H18INO5/c1-3-7-25-17-13(20)9-12(11-16(17)23-4-2)10-14-19(22)26-18(21-14)15-6-5-8-24-15/h5-6,8-11H,3-4,7H2,1-2H3/b14-10-. The Morgan fingerprint density at radius 3 is 2.81 bits per heavy atom. The van der Waals surface area contributed by atoms with E-state index in [4.69, 9.17) is 18.6 Å². The molecule has 0 atom stereocenters. The Morgan fingerprint density at radius 1 is 1.27 bits per heavy atom. The highest BCUT2D eigenvalue weighted by atomic mass is 127. The Labute approximate surface area is 165 Å². The van der Waals surface area contributed by atoms with Gasteiger partial charge in [-0.25, -0.2) is 9.79 Å². The Bertz CT molecular complexity index is 855. The molecular weight excluding hydrogens is 449 g/mol. The first-order valence-corrected chi connectivity index (χ1v) is 9.35. The molecule has 0 amide bonds. The third kappa shape index (κ3) is 4.09. The number of furan rings is 1. The van der Waals surface area contributed by atoms with E-state index in [1.165, 1.54) is 6.26 Å². The average Bonchev–Trinajstić information content (AvgIpc) is 3.25. The first-order valence-electron chi connectivity index (χ1n) is 8.28. The number of hydrogen-bond acceptors (Lipinski definition) is 6. The number of carbonyl (C=O) groups excluding carboxylic acids is 1. The van der Waals surface area contributed by atoms with Crippen LogP contribution in [0.2, 0.25) is 0 Å². The van der Waals surface area contributed by atoms with Gasteiger partial charge in [-0.15, -0.1) is 0 Å². The van der Waals surface area contributed by atoms with Crippen LogP contribution in [0.1, 0.15) is 31.6 Å². The topological polar surface area (TPSA) is 70.3 Å². The van der Waals surface area contributed by atoms with Crippen LogP contribution in [0.5, 0.6) is 11.5 Å². The van der Waals surface area contributed by atoms with E-state index in [0.717, 1.165) is 15.6 Å². The van der Waals surface area contributed by atoms with Crippen LogP contribution in [0.4, 0.5) is 0 Å². The molecule has 1 aliphatic heterocycles. The van der Waals surface area contributed by atoms with Gasteiger partial charge in [0.2, 0.25) is 0 Å². The summed E-state index contributed by atoms with van der Waals surface area (Å²) < 4.78 is 22.8. The second-order valence-corrected chi connectivity index (χ2v) is 6.59. The van der Waals surface area contributed by atoms with Crippen molar-refractivity contribution in [3.05, 3.63) is 51.1 Å². The molecule has 0 N–H and O–H groups in total. The summed E-state index contributed by atoms with van der Waals surface area (Å²) in [5.41, 5.74) is 0.981. The fraction of sp³-hybridized carbons (Fsp3) is 0.263. The van der Waals surface area contributed by atoms with Gasteiger partial charge in [0.05, 0.1) is 23.0 Å². The number of esters is 1. The highest BCUT2D eigenvalue weighted by Gasteiger charge is 2.26. The van der Waals surface area contributed by atoms with Crippen LogP contribution >= 0.6 is 22.6 Å². The van der Waals surface area contributed by atoms with E-state index in [9.17, 15) is 4.79 Å². The third-order valence-corrected chi connectivity index (χ3v) is 4.24. The molecular formula is C19H18INO5. The minimum absolute atomic E-state index is 0.161. The van der Waals surface area contributed by atoms with E-state index in [1.54, 1.807) is 18.2 Å². The van der Waals surface area contributed by atoms with E-state index < -0.39 is 5.97 Å². The quantitative estimate of drug-likeness (QED) is 0.343. The van der Waals surface area contributed by atoms with Crippen molar-refractivity contribution in [3.63, 3.8) is 0 Å². The van der Waals surface area contributed by atoms with Gasteiger partial charge in [0, 0.05) is 0 Å². The molecule has 0 fully saturated rings. The van der Waals surface area contributed by atoms with Gasteiger partial charge in [-0.1, -0.05) is 6.92 Å². The lowest BCUT2D eigenvalue weighted by Crippen LogP contribution is -2.04. The number of nitrogens with zero attached hydrogens (tertiary/aromatic N) is 1. The van der Waals surface area contributed by atoms with Crippen molar-refractivity contribution in [1.29, 1.82) is 0 Å². The molecule has 3 rings (SSSR count). The maximum atomic E-state index is 12.1. The van der Waals surface area contributed by atoms with Gasteiger partial charge in [-0.2, -0.15) is 0 Å². The van der Waals surface area contributed by atoms with Crippen molar-refractivity contribution in [1.82, 2.24) is 0 Å². The monoisotopic (exact) mass is 467 g/mol. The number of cyclic esters (lactones) is 1. The van der Waals surface area contributed by atoms with Crippen molar-refractivity contribution in [2.75, 3.05) is 13.2 Å². The van der Waals surface area contributed by atoms with E-state index in [2.05, 4.69) is 27.6 Å². The largest absolute Gasteiger partial charge is 0.490 e. The lowest BCUT2D eigenvalue weighted by molar-refractivity contribution is -0.130. The molecule has 2 aromatic rings. The zero-order valence-corrected chi connectivity index (χ0v) is 16.6. The summed E-state index contributed by atoms with van der Waals surface area (Å²) in [6, 6.07) is 7.14. The second-order valence-electron chi connectivity index (χ2n) is 5.42. The number of ether oxygens (including phenoxy) is 3. The van der Waals surface area contributed by atoms with Crippen LogP contribution < -0.4 is 9.47 Å². The van der Waals surface area contributed by atoms with Crippen molar-refractivity contribution >= 4 is 40.5 Å². The first kappa shape index (κ1) is 18.5. The van der Waals surface area contributed by atoms with E-state index in [1.807, 2.05) is 26.0 Å². The molecule has 0 spiro atoms. The zero-order chi connectivity index (χ0) is 18.5. The van der Waals surface area contributed by atoms with Gasteiger partial charge in [-0.05, 0) is 71.8 Å². The first-order chi connectivity index (χ1) is 12.6. The lowest BCUT2D eigenvalue weighted by atomic mass is 10.1. The summed E-state index contributed by atoms with van der Waals surface area (Å²) in [5, 5.41) is 0. The molecule has 0 saturated heterocycles. The molecule has 0 unspecified atom stereocenters. The molecule has 7 heteroatoms. The Morgan fingerprint density at radius 2 is 2.12 bits per heavy atom. The molecule has 0 saturated carbocycles. The molecule has 2 heterocycles. The van der Waals surface area contributed by atoms with Crippen LogP contribution in [-0.4, -0.2) is 25.1 Å². The molecule has 26 heavy (non-hydrogen) atoms.